The Labute approximate surface area is 259 Å². The van der Waals surface area contributed by atoms with Crippen molar-refractivity contribution in [1.29, 1.82) is 0 Å². The Hall–Kier alpha value is -6.07. The summed E-state index contributed by atoms with van der Waals surface area (Å²) in [5.74, 6) is 3.59. The Morgan fingerprint density at radius 2 is 1.09 bits per heavy atom. The molecule has 2 aromatic heterocycles. The van der Waals surface area contributed by atoms with Crippen LogP contribution < -0.4 is 4.74 Å². The number of benzene rings is 6. The Morgan fingerprint density at radius 1 is 0.444 bits per heavy atom. The fourth-order valence-corrected chi connectivity index (χ4v) is 6.19. The van der Waals surface area contributed by atoms with E-state index in [1.807, 2.05) is 91.0 Å². The Bertz CT molecular complexity index is 2320. The first kappa shape index (κ1) is 25.4. The monoisotopic (exact) mass is 579 g/mol. The predicted molar refractivity (Wildman–Crippen MR) is 178 cm³/mol. The summed E-state index contributed by atoms with van der Waals surface area (Å²) in [4.78, 5) is 14.9. The van der Waals surface area contributed by atoms with Gasteiger partial charge in [-0.3, -0.25) is 0 Å². The van der Waals surface area contributed by atoms with Gasteiger partial charge in [0.15, 0.2) is 17.5 Å². The fourth-order valence-electron chi connectivity index (χ4n) is 6.19. The first-order valence-electron chi connectivity index (χ1n) is 15.0. The van der Waals surface area contributed by atoms with Gasteiger partial charge in [-0.25, -0.2) is 15.0 Å². The van der Waals surface area contributed by atoms with Crippen molar-refractivity contribution in [2.24, 2.45) is 0 Å². The minimum Gasteiger partial charge on any atom is -0.457 e. The molecule has 0 saturated heterocycles. The van der Waals surface area contributed by atoms with Crippen molar-refractivity contribution in [3.05, 3.63) is 151 Å². The molecule has 45 heavy (non-hydrogen) atoms. The number of fused-ring (bicyclic) bond motifs is 5. The molecule has 212 valence electrons. The highest BCUT2D eigenvalue weighted by molar-refractivity contribution is 6.06. The number of aromatic nitrogens is 3. The molecular formula is C40H25N3O2. The first-order valence-corrected chi connectivity index (χ1v) is 15.0. The number of ether oxygens (including phenoxy) is 1. The average molecular weight is 580 g/mol. The molecule has 8 aromatic rings. The summed E-state index contributed by atoms with van der Waals surface area (Å²) >= 11 is 0. The van der Waals surface area contributed by atoms with E-state index in [4.69, 9.17) is 24.1 Å². The number of furan rings is 1. The maximum atomic E-state index is 6.49. The Balaban J connectivity index is 1.14. The van der Waals surface area contributed by atoms with E-state index in [1.54, 1.807) is 0 Å². The van der Waals surface area contributed by atoms with Gasteiger partial charge in [0.25, 0.3) is 0 Å². The molecule has 3 heterocycles. The molecule has 6 aromatic carbocycles. The summed E-state index contributed by atoms with van der Waals surface area (Å²) in [6.07, 6.45) is 0.693. The molecule has 0 saturated carbocycles. The third kappa shape index (κ3) is 4.45. The van der Waals surface area contributed by atoms with Crippen molar-refractivity contribution in [3.8, 4) is 56.8 Å². The van der Waals surface area contributed by atoms with Crippen LogP contribution in [0.2, 0.25) is 0 Å². The predicted octanol–water partition coefficient (Wildman–Crippen LogP) is 10.1. The molecule has 0 atom stereocenters. The number of rotatable bonds is 4. The molecule has 0 aliphatic carbocycles. The minimum absolute atomic E-state index is 0.625. The second-order valence-electron chi connectivity index (χ2n) is 11.2. The molecule has 0 bridgehead atoms. The van der Waals surface area contributed by atoms with Gasteiger partial charge in [0.05, 0.1) is 0 Å². The number of hydrogen-bond donors (Lipinski definition) is 0. The van der Waals surface area contributed by atoms with E-state index in [9.17, 15) is 0 Å². The number of hydrogen-bond acceptors (Lipinski definition) is 5. The maximum absolute atomic E-state index is 6.49. The molecule has 0 radical (unpaired) electrons. The second kappa shape index (κ2) is 10.3. The van der Waals surface area contributed by atoms with E-state index < -0.39 is 0 Å². The molecule has 1 aliphatic heterocycles. The van der Waals surface area contributed by atoms with Crippen LogP contribution in [-0.2, 0) is 6.42 Å². The van der Waals surface area contributed by atoms with Crippen molar-refractivity contribution in [3.63, 3.8) is 0 Å². The summed E-state index contributed by atoms with van der Waals surface area (Å²) in [5, 5.41) is 2.24. The molecule has 0 unspecified atom stereocenters. The zero-order chi connectivity index (χ0) is 29.7. The average Bonchev–Trinajstić information content (AvgIpc) is 3.49. The second-order valence-corrected chi connectivity index (χ2v) is 11.2. The van der Waals surface area contributed by atoms with Crippen molar-refractivity contribution in [2.75, 3.05) is 0 Å². The zero-order valence-corrected chi connectivity index (χ0v) is 24.1. The van der Waals surface area contributed by atoms with Crippen molar-refractivity contribution < 1.29 is 9.15 Å². The largest absolute Gasteiger partial charge is 0.457 e. The van der Waals surface area contributed by atoms with Crippen LogP contribution in [0.25, 0.3) is 67.2 Å². The molecule has 0 spiro atoms. The lowest BCUT2D eigenvalue weighted by Gasteiger charge is -2.23. The molecule has 9 rings (SSSR count). The molecule has 1 aliphatic rings. The summed E-state index contributed by atoms with van der Waals surface area (Å²) in [5.41, 5.74) is 9.04. The van der Waals surface area contributed by atoms with Gasteiger partial charge in [-0.2, -0.15) is 0 Å². The van der Waals surface area contributed by atoms with E-state index >= 15 is 0 Å². The highest BCUT2D eigenvalue weighted by atomic mass is 16.5. The molecule has 5 heteroatoms. The quantitative estimate of drug-likeness (QED) is 0.208. The van der Waals surface area contributed by atoms with Gasteiger partial charge in [-0.1, -0.05) is 103 Å². The highest BCUT2D eigenvalue weighted by Gasteiger charge is 2.23. The van der Waals surface area contributed by atoms with Crippen LogP contribution in [0.4, 0.5) is 0 Å². The fraction of sp³-hybridized carbons (Fsp3) is 0.0250. The summed E-state index contributed by atoms with van der Waals surface area (Å²) in [7, 11) is 0. The standard InChI is InChI=1S/C40H25N3O2/c1-3-10-25(11-4-1)38-41-39(26-12-5-2-6-13-26)43-40(42-38)31-15-9-17-36-33(31)24-29-22-27(18-20-34(29)44-36)28-19-21-37-32(23-28)30-14-7-8-16-35(30)45-37/h1-23H,24H2. The van der Waals surface area contributed by atoms with Crippen LogP contribution in [0.5, 0.6) is 11.5 Å². The van der Waals surface area contributed by atoms with Gasteiger partial charge in [0, 0.05) is 39.4 Å². The van der Waals surface area contributed by atoms with Crippen LogP contribution in [0.15, 0.2) is 144 Å². The molecule has 0 fully saturated rings. The normalized spacial score (nSPS) is 12.1. The van der Waals surface area contributed by atoms with Crippen LogP contribution in [-0.4, -0.2) is 15.0 Å². The van der Waals surface area contributed by atoms with Gasteiger partial charge in [0.1, 0.15) is 22.7 Å². The van der Waals surface area contributed by atoms with Gasteiger partial charge >= 0.3 is 0 Å². The molecule has 0 N–H and O–H groups in total. The zero-order valence-electron chi connectivity index (χ0n) is 24.1. The lowest BCUT2D eigenvalue weighted by molar-refractivity contribution is 0.460. The minimum atomic E-state index is 0.625. The Kier molecular flexibility index (Phi) is 5.81. The van der Waals surface area contributed by atoms with E-state index in [0.29, 0.717) is 23.9 Å². The topological polar surface area (TPSA) is 61.0 Å². The summed E-state index contributed by atoms with van der Waals surface area (Å²) < 4.78 is 12.6. The van der Waals surface area contributed by atoms with Gasteiger partial charge in [0.2, 0.25) is 0 Å². The molecule has 0 amide bonds. The summed E-state index contributed by atoms with van der Waals surface area (Å²) in [6, 6.07) is 47.2. The molecular weight excluding hydrogens is 554 g/mol. The number of para-hydroxylation sites is 1. The maximum Gasteiger partial charge on any atom is 0.164 e. The van der Waals surface area contributed by atoms with Crippen molar-refractivity contribution in [2.45, 2.75) is 6.42 Å². The SMILES string of the molecule is c1ccc(-c2nc(-c3ccccc3)nc(-c3cccc4c3Cc3cc(-c5ccc6oc7ccccc7c6c5)ccc3O4)n2)cc1. The lowest BCUT2D eigenvalue weighted by atomic mass is 9.92. The van der Waals surface area contributed by atoms with E-state index in [2.05, 4.69) is 48.5 Å². The van der Waals surface area contributed by atoms with Crippen LogP contribution in [0.3, 0.4) is 0 Å². The van der Waals surface area contributed by atoms with Gasteiger partial charge in [-0.05, 0) is 53.1 Å². The number of nitrogens with zero attached hydrogens (tertiary/aromatic N) is 3. The smallest absolute Gasteiger partial charge is 0.164 e. The van der Waals surface area contributed by atoms with Crippen molar-refractivity contribution in [1.82, 2.24) is 15.0 Å². The van der Waals surface area contributed by atoms with Crippen molar-refractivity contribution >= 4 is 21.9 Å². The third-order valence-corrected chi connectivity index (χ3v) is 8.43. The van der Waals surface area contributed by atoms with E-state index in [-0.39, 0.29) is 0 Å². The molecule has 5 nitrogen and oxygen atoms in total. The van der Waals surface area contributed by atoms with E-state index in [0.717, 1.165) is 72.4 Å². The van der Waals surface area contributed by atoms with Crippen LogP contribution in [0.1, 0.15) is 11.1 Å². The van der Waals surface area contributed by atoms with Gasteiger partial charge in [-0.15, -0.1) is 0 Å². The third-order valence-electron chi connectivity index (χ3n) is 8.43. The lowest BCUT2D eigenvalue weighted by Crippen LogP contribution is -2.07. The highest BCUT2D eigenvalue weighted by Crippen LogP contribution is 2.43. The summed E-state index contributed by atoms with van der Waals surface area (Å²) in [6.45, 7) is 0. The Morgan fingerprint density at radius 3 is 1.87 bits per heavy atom. The van der Waals surface area contributed by atoms with Gasteiger partial charge < -0.3 is 9.15 Å². The van der Waals surface area contributed by atoms with Crippen LogP contribution >= 0.6 is 0 Å². The van der Waals surface area contributed by atoms with Crippen LogP contribution in [0, 0.1) is 0 Å². The first-order chi connectivity index (χ1) is 22.3. The van der Waals surface area contributed by atoms with E-state index in [1.165, 1.54) is 0 Å².